The highest BCUT2D eigenvalue weighted by Gasteiger charge is 2.19. The molecule has 2 heterocycles. The summed E-state index contributed by atoms with van der Waals surface area (Å²) in [7, 11) is 1.55. The molecule has 36 heavy (non-hydrogen) atoms. The van der Waals surface area contributed by atoms with Gasteiger partial charge >= 0.3 is 6.01 Å². The molecule has 13 heteroatoms. The molecule has 0 spiro atoms. The first kappa shape index (κ1) is 25.5. The molecule has 0 saturated carbocycles. The smallest absolute Gasteiger partial charge is 0.328 e. The zero-order chi connectivity index (χ0) is 25.5. The number of nitrogens with zero attached hydrogens (tertiary/aromatic N) is 5. The monoisotopic (exact) mass is 572 g/mol. The largest absolute Gasteiger partial charge is 0.493 e. The second-order valence-electron chi connectivity index (χ2n) is 7.70. The molecule has 11 nitrogen and oxygen atoms in total. The highest BCUT2D eigenvalue weighted by molar-refractivity contribution is 9.10. The number of methoxy groups -OCH3 is 1. The zero-order valence-corrected chi connectivity index (χ0v) is 22.1. The number of morpholine rings is 1. The van der Waals surface area contributed by atoms with Gasteiger partial charge < -0.3 is 30.2 Å². The molecule has 0 amide bonds. The van der Waals surface area contributed by atoms with Crippen molar-refractivity contribution >= 4 is 57.1 Å². The molecule has 3 aromatic rings. The van der Waals surface area contributed by atoms with E-state index >= 15 is 0 Å². The number of ether oxygens (including phenoxy) is 3. The van der Waals surface area contributed by atoms with Crippen LogP contribution in [0.2, 0.25) is 0 Å². The molecule has 188 valence electrons. The van der Waals surface area contributed by atoms with Crippen molar-refractivity contribution < 1.29 is 14.2 Å². The first-order valence-corrected chi connectivity index (χ1v) is 12.2. The Balaban J connectivity index is 1.63. The molecule has 4 rings (SSSR count). The van der Waals surface area contributed by atoms with Crippen LogP contribution in [0.4, 0.5) is 17.6 Å². The number of nitrogens with one attached hydrogen (secondary N) is 2. The number of aromatic nitrogens is 3. The fourth-order valence-corrected chi connectivity index (χ4v) is 3.96. The Kier molecular flexibility index (Phi) is 8.46. The molecule has 4 N–H and O–H groups in total. The molecule has 1 aromatic heterocycles. The number of anilines is 3. The van der Waals surface area contributed by atoms with E-state index in [1.165, 1.54) is 0 Å². The SMILES string of the molecule is COc1cc(C=NNC(N)=S)ccc1Oc1nc(Nc2ccc(C)cc2Br)nc(N2CCOCC2)n1. The first-order valence-electron chi connectivity index (χ1n) is 11.0. The van der Waals surface area contributed by atoms with Crippen LogP contribution in [0.25, 0.3) is 0 Å². The van der Waals surface area contributed by atoms with Crippen molar-refractivity contribution in [2.75, 3.05) is 43.6 Å². The summed E-state index contributed by atoms with van der Waals surface area (Å²) < 4.78 is 17.9. The lowest BCUT2D eigenvalue weighted by atomic mass is 10.2. The fraction of sp³-hybridized carbons (Fsp3) is 0.261. The van der Waals surface area contributed by atoms with Crippen LogP contribution in [0.15, 0.2) is 46.0 Å². The Morgan fingerprint density at radius 3 is 2.69 bits per heavy atom. The molecular formula is C23H25BrN8O3S. The van der Waals surface area contributed by atoms with Crippen molar-refractivity contribution in [3.8, 4) is 17.5 Å². The Morgan fingerprint density at radius 1 is 1.17 bits per heavy atom. The molecule has 0 unspecified atom stereocenters. The van der Waals surface area contributed by atoms with Gasteiger partial charge in [-0.2, -0.15) is 20.1 Å². The summed E-state index contributed by atoms with van der Waals surface area (Å²) in [5.41, 5.74) is 10.6. The van der Waals surface area contributed by atoms with Crippen LogP contribution >= 0.6 is 28.1 Å². The second-order valence-corrected chi connectivity index (χ2v) is 8.99. The summed E-state index contributed by atoms with van der Waals surface area (Å²) in [5, 5.41) is 7.29. The van der Waals surface area contributed by atoms with Crippen molar-refractivity contribution in [3.63, 3.8) is 0 Å². The number of aryl methyl sites for hydroxylation is 1. The van der Waals surface area contributed by atoms with Crippen molar-refractivity contribution in [2.24, 2.45) is 10.8 Å². The average Bonchev–Trinajstić information content (AvgIpc) is 2.87. The standard InChI is InChI=1S/C23H25BrN8O3S/c1-14-3-5-17(16(24)11-14)27-21-28-22(32-7-9-34-10-8-32)30-23(29-21)35-18-6-4-15(12-19(18)33-2)13-26-31-20(25)36/h3-6,11-13H,7-10H2,1-2H3,(H3,25,31,36)(H,27,28,29,30). The minimum absolute atomic E-state index is 0.0751. The highest BCUT2D eigenvalue weighted by Crippen LogP contribution is 2.32. The molecular weight excluding hydrogens is 548 g/mol. The minimum Gasteiger partial charge on any atom is -0.493 e. The van der Waals surface area contributed by atoms with Gasteiger partial charge in [0.15, 0.2) is 16.6 Å². The number of halogens is 1. The Bertz CT molecular complexity index is 1270. The fourth-order valence-electron chi connectivity index (χ4n) is 3.31. The number of hydrazone groups is 1. The summed E-state index contributed by atoms with van der Waals surface area (Å²) in [6.07, 6.45) is 1.56. The first-order chi connectivity index (χ1) is 17.4. The number of thiocarbonyl (C=S) groups is 1. The molecule has 2 aromatic carbocycles. The van der Waals surface area contributed by atoms with E-state index < -0.39 is 0 Å². The van der Waals surface area contributed by atoms with E-state index in [1.54, 1.807) is 31.5 Å². The van der Waals surface area contributed by atoms with Gasteiger partial charge in [0.2, 0.25) is 11.9 Å². The zero-order valence-electron chi connectivity index (χ0n) is 19.7. The van der Waals surface area contributed by atoms with E-state index in [9.17, 15) is 0 Å². The van der Waals surface area contributed by atoms with Crippen LogP contribution in [0, 0.1) is 6.92 Å². The van der Waals surface area contributed by atoms with Crippen LogP contribution in [0.5, 0.6) is 17.5 Å². The van der Waals surface area contributed by atoms with Crippen LogP contribution in [-0.4, -0.2) is 59.7 Å². The summed E-state index contributed by atoms with van der Waals surface area (Å²) >= 11 is 8.33. The Morgan fingerprint density at radius 2 is 1.97 bits per heavy atom. The van der Waals surface area contributed by atoms with Gasteiger partial charge in [-0.05, 0) is 76.5 Å². The van der Waals surface area contributed by atoms with Gasteiger partial charge in [0.25, 0.3) is 0 Å². The Hall–Kier alpha value is -3.55. The minimum atomic E-state index is 0.0751. The van der Waals surface area contributed by atoms with Gasteiger partial charge in [0.1, 0.15) is 0 Å². The molecule has 0 radical (unpaired) electrons. The highest BCUT2D eigenvalue weighted by atomic mass is 79.9. The van der Waals surface area contributed by atoms with E-state index in [4.69, 9.17) is 32.2 Å². The average molecular weight is 573 g/mol. The maximum absolute atomic E-state index is 6.06. The second kappa shape index (κ2) is 11.9. The van der Waals surface area contributed by atoms with Gasteiger partial charge in [-0.3, -0.25) is 5.43 Å². The normalized spacial score (nSPS) is 13.5. The van der Waals surface area contributed by atoms with Crippen LogP contribution in [0.3, 0.4) is 0 Å². The van der Waals surface area contributed by atoms with Crippen molar-refractivity contribution in [3.05, 3.63) is 52.0 Å². The summed E-state index contributed by atoms with van der Waals surface area (Å²) in [4.78, 5) is 15.7. The molecule has 0 bridgehead atoms. The number of rotatable bonds is 8. The van der Waals surface area contributed by atoms with Crippen LogP contribution in [0.1, 0.15) is 11.1 Å². The summed E-state index contributed by atoms with van der Waals surface area (Å²) in [5.74, 6) is 1.73. The maximum Gasteiger partial charge on any atom is 0.328 e. The predicted octanol–water partition coefficient (Wildman–Crippen LogP) is 3.49. The molecule has 1 aliphatic heterocycles. The van der Waals surface area contributed by atoms with E-state index in [1.807, 2.05) is 30.0 Å². The number of benzene rings is 2. The lowest BCUT2D eigenvalue weighted by Crippen LogP contribution is -2.37. The molecule has 0 atom stereocenters. The third-order valence-corrected chi connectivity index (χ3v) is 5.79. The number of hydrogen-bond acceptors (Lipinski definition) is 10. The molecule has 1 aliphatic rings. The number of hydrogen-bond donors (Lipinski definition) is 3. The lowest BCUT2D eigenvalue weighted by Gasteiger charge is -2.27. The molecule has 1 fully saturated rings. The van der Waals surface area contributed by atoms with Gasteiger partial charge in [-0.15, -0.1) is 0 Å². The van der Waals surface area contributed by atoms with Crippen molar-refractivity contribution in [2.45, 2.75) is 6.92 Å². The van der Waals surface area contributed by atoms with Gasteiger partial charge in [0.05, 0.1) is 32.2 Å². The quantitative estimate of drug-likeness (QED) is 0.208. The van der Waals surface area contributed by atoms with Crippen LogP contribution in [-0.2, 0) is 4.74 Å². The third kappa shape index (κ3) is 6.77. The summed E-state index contributed by atoms with van der Waals surface area (Å²) in [6, 6.07) is 11.4. The van der Waals surface area contributed by atoms with Crippen molar-refractivity contribution in [1.82, 2.24) is 20.4 Å². The predicted molar refractivity (Wildman–Crippen MR) is 146 cm³/mol. The van der Waals surface area contributed by atoms with E-state index in [-0.39, 0.29) is 11.1 Å². The van der Waals surface area contributed by atoms with Gasteiger partial charge in [-0.1, -0.05) is 6.07 Å². The number of nitrogens with two attached hydrogens (primary N) is 1. The summed E-state index contributed by atoms with van der Waals surface area (Å²) in [6.45, 7) is 4.53. The van der Waals surface area contributed by atoms with E-state index in [2.05, 4.69) is 46.7 Å². The third-order valence-electron chi connectivity index (χ3n) is 5.05. The lowest BCUT2D eigenvalue weighted by molar-refractivity contribution is 0.122. The van der Waals surface area contributed by atoms with E-state index in [0.29, 0.717) is 49.7 Å². The van der Waals surface area contributed by atoms with Gasteiger partial charge in [0, 0.05) is 17.6 Å². The molecule has 0 aliphatic carbocycles. The topological polar surface area (TPSA) is 132 Å². The van der Waals surface area contributed by atoms with E-state index in [0.717, 1.165) is 21.3 Å². The Labute approximate surface area is 222 Å². The molecule has 1 saturated heterocycles. The van der Waals surface area contributed by atoms with Gasteiger partial charge in [-0.25, -0.2) is 0 Å². The van der Waals surface area contributed by atoms with Crippen LogP contribution < -0.4 is 30.8 Å². The van der Waals surface area contributed by atoms with Crippen molar-refractivity contribution in [1.29, 1.82) is 0 Å². The maximum atomic E-state index is 6.06.